The maximum absolute atomic E-state index is 8.82. The summed E-state index contributed by atoms with van der Waals surface area (Å²) in [5, 5.41) is 24.9. The number of nitriles is 2. The Morgan fingerprint density at radius 3 is 2.60 bits per heavy atom. The Hall–Kier alpha value is -1.88. The minimum absolute atomic E-state index is 0.119. The van der Waals surface area contributed by atoms with Crippen molar-refractivity contribution in [1.82, 2.24) is 15.0 Å². The lowest BCUT2D eigenvalue weighted by Crippen LogP contribution is -2.03. The summed E-state index contributed by atoms with van der Waals surface area (Å²) >= 11 is 0. The Balaban J connectivity index is 2.59. The minimum Gasteiger partial charge on any atom is -0.233 e. The van der Waals surface area contributed by atoms with E-state index in [4.69, 9.17) is 10.5 Å². The second kappa shape index (κ2) is 5.77. The summed E-state index contributed by atoms with van der Waals surface area (Å²) in [6.07, 6.45) is 4.44. The molecule has 1 aromatic heterocycles. The highest BCUT2D eigenvalue weighted by Gasteiger charge is 2.10. The van der Waals surface area contributed by atoms with Crippen LogP contribution in [0.4, 0.5) is 0 Å². The zero-order chi connectivity index (χ0) is 11.1. The van der Waals surface area contributed by atoms with Crippen LogP contribution < -0.4 is 0 Å². The molecule has 78 valence electrons. The smallest absolute Gasteiger partial charge is 0.200 e. The van der Waals surface area contributed by atoms with Crippen LogP contribution in [0.15, 0.2) is 0 Å². The third-order valence-electron chi connectivity index (χ3n) is 2.17. The van der Waals surface area contributed by atoms with Gasteiger partial charge in [0.1, 0.15) is 12.1 Å². The number of rotatable bonds is 5. The van der Waals surface area contributed by atoms with Crippen LogP contribution in [0.2, 0.25) is 0 Å². The van der Waals surface area contributed by atoms with Crippen LogP contribution in [0, 0.1) is 22.7 Å². The van der Waals surface area contributed by atoms with Gasteiger partial charge in [0.2, 0.25) is 5.69 Å². The van der Waals surface area contributed by atoms with E-state index >= 15 is 0 Å². The van der Waals surface area contributed by atoms with Crippen molar-refractivity contribution < 1.29 is 0 Å². The van der Waals surface area contributed by atoms with E-state index in [1.165, 1.54) is 17.5 Å². The molecule has 0 fully saturated rings. The SMILES string of the molecule is CCCCCCn1nnc(C#N)c1C#N. The van der Waals surface area contributed by atoms with E-state index in [-0.39, 0.29) is 11.4 Å². The number of hydrogen-bond donors (Lipinski definition) is 0. The standard InChI is InChI=1S/C10H13N5/c1-2-3-4-5-6-15-10(8-12)9(7-11)13-14-15/h2-6H2,1H3. The van der Waals surface area contributed by atoms with Gasteiger partial charge in [-0.15, -0.1) is 5.10 Å². The lowest BCUT2D eigenvalue weighted by Gasteiger charge is -2.00. The lowest BCUT2D eigenvalue weighted by atomic mass is 10.2. The molecule has 15 heavy (non-hydrogen) atoms. The van der Waals surface area contributed by atoms with Gasteiger partial charge in [0.05, 0.1) is 0 Å². The second-order valence-electron chi connectivity index (χ2n) is 3.29. The third-order valence-corrected chi connectivity index (χ3v) is 2.17. The van der Waals surface area contributed by atoms with Crippen molar-refractivity contribution >= 4 is 0 Å². The molecule has 1 rings (SSSR count). The van der Waals surface area contributed by atoms with Crippen molar-refractivity contribution in [2.75, 3.05) is 0 Å². The third kappa shape index (κ3) is 2.78. The highest BCUT2D eigenvalue weighted by atomic mass is 15.4. The molecule has 0 aromatic carbocycles. The van der Waals surface area contributed by atoms with Gasteiger partial charge in [-0.2, -0.15) is 10.5 Å². The summed E-state index contributed by atoms with van der Waals surface area (Å²) in [6, 6.07) is 3.80. The Kier molecular flexibility index (Phi) is 4.30. The van der Waals surface area contributed by atoms with Gasteiger partial charge in [0, 0.05) is 6.54 Å². The predicted molar refractivity (Wildman–Crippen MR) is 53.6 cm³/mol. The topological polar surface area (TPSA) is 78.3 Å². The Labute approximate surface area is 88.9 Å². The number of unbranched alkanes of at least 4 members (excludes halogenated alkanes) is 3. The minimum atomic E-state index is 0.119. The second-order valence-corrected chi connectivity index (χ2v) is 3.29. The average molecular weight is 203 g/mol. The molecule has 0 aliphatic heterocycles. The normalized spacial score (nSPS) is 9.53. The molecule has 0 bridgehead atoms. The first kappa shape index (κ1) is 11.2. The average Bonchev–Trinajstić information content (AvgIpc) is 2.66. The molecule has 1 aromatic rings. The van der Waals surface area contributed by atoms with Gasteiger partial charge >= 0.3 is 0 Å². The maximum Gasteiger partial charge on any atom is 0.200 e. The number of hydrogen-bond acceptors (Lipinski definition) is 4. The highest BCUT2D eigenvalue weighted by Crippen LogP contribution is 2.06. The summed E-state index contributed by atoms with van der Waals surface area (Å²) in [7, 11) is 0. The van der Waals surface area contributed by atoms with E-state index in [0.717, 1.165) is 12.8 Å². The van der Waals surface area contributed by atoms with Crippen molar-refractivity contribution in [3.63, 3.8) is 0 Å². The monoisotopic (exact) mass is 203 g/mol. The molecule has 0 amide bonds. The molecule has 0 N–H and O–H groups in total. The van der Waals surface area contributed by atoms with Crippen LogP contribution in [0.3, 0.4) is 0 Å². The van der Waals surface area contributed by atoms with Crippen molar-refractivity contribution in [2.45, 2.75) is 39.2 Å². The van der Waals surface area contributed by atoms with E-state index in [0.29, 0.717) is 6.54 Å². The fourth-order valence-electron chi connectivity index (χ4n) is 1.34. The zero-order valence-corrected chi connectivity index (χ0v) is 8.77. The number of aryl methyl sites for hydroxylation is 1. The van der Waals surface area contributed by atoms with Crippen LogP contribution in [-0.2, 0) is 6.54 Å². The summed E-state index contributed by atoms with van der Waals surface area (Å²) < 4.78 is 1.51. The molecule has 0 saturated carbocycles. The lowest BCUT2D eigenvalue weighted by molar-refractivity contribution is 0.524. The molecule has 0 unspecified atom stereocenters. The van der Waals surface area contributed by atoms with Gasteiger partial charge in [0.15, 0.2) is 5.69 Å². The van der Waals surface area contributed by atoms with Crippen molar-refractivity contribution in [2.24, 2.45) is 0 Å². The van der Waals surface area contributed by atoms with Crippen LogP contribution >= 0.6 is 0 Å². The number of nitrogens with zero attached hydrogens (tertiary/aromatic N) is 5. The molecular formula is C10H13N5. The predicted octanol–water partition coefficient (Wildman–Crippen LogP) is 1.60. The van der Waals surface area contributed by atoms with Gasteiger partial charge in [-0.05, 0) is 6.42 Å². The van der Waals surface area contributed by atoms with Crippen LogP contribution in [-0.4, -0.2) is 15.0 Å². The van der Waals surface area contributed by atoms with E-state index in [9.17, 15) is 0 Å². The van der Waals surface area contributed by atoms with E-state index in [1.54, 1.807) is 0 Å². The first-order chi connectivity index (χ1) is 7.33. The summed E-state index contributed by atoms with van der Waals surface area (Å²) in [6.45, 7) is 2.81. The summed E-state index contributed by atoms with van der Waals surface area (Å²) in [4.78, 5) is 0. The number of aromatic nitrogens is 3. The van der Waals surface area contributed by atoms with E-state index in [2.05, 4.69) is 17.2 Å². The van der Waals surface area contributed by atoms with Crippen LogP contribution in [0.25, 0.3) is 0 Å². The molecule has 0 radical (unpaired) electrons. The van der Waals surface area contributed by atoms with Crippen molar-refractivity contribution in [3.8, 4) is 12.1 Å². The van der Waals surface area contributed by atoms with Crippen LogP contribution in [0.1, 0.15) is 44.0 Å². The zero-order valence-electron chi connectivity index (χ0n) is 8.77. The first-order valence-corrected chi connectivity index (χ1v) is 5.07. The molecule has 0 saturated heterocycles. The Morgan fingerprint density at radius 2 is 2.00 bits per heavy atom. The molecule has 5 nitrogen and oxygen atoms in total. The van der Waals surface area contributed by atoms with Gasteiger partial charge in [-0.1, -0.05) is 31.4 Å². The van der Waals surface area contributed by atoms with Gasteiger partial charge < -0.3 is 0 Å². The fourth-order valence-corrected chi connectivity index (χ4v) is 1.34. The highest BCUT2D eigenvalue weighted by molar-refractivity contribution is 5.34. The molecular weight excluding hydrogens is 190 g/mol. The van der Waals surface area contributed by atoms with E-state index < -0.39 is 0 Å². The Bertz CT molecular complexity index is 393. The van der Waals surface area contributed by atoms with Gasteiger partial charge in [-0.3, -0.25) is 0 Å². The molecule has 5 heteroatoms. The molecule has 0 atom stereocenters. The Morgan fingerprint density at radius 1 is 1.20 bits per heavy atom. The van der Waals surface area contributed by atoms with E-state index in [1.807, 2.05) is 12.1 Å². The van der Waals surface area contributed by atoms with Gasteiger partial charge in [0.25, 0.3) is 0 Å². The maximum atomic E-state index is 8.82. The summed E-state index contributed by atoms with van der Waals surface area (Å²) in [5.41, 5.74) is 0.391. The molecule has 0 aliphatic rings. The quantitative estimate of drug-likeness (QED) is 0.681. The van der Waals surface area contributed by atoms with Gasteiger partial charge in [-0.25, -0.2) is 4.68 Å². The molecule has 0 spiro atoms. The molecule has 1 heterocycles. The first-order valence-electron chi connectivity index (χ1n) is 5.07. The van der Waals surface area contributed by atoms with Crippen LogP contribution in [0.5, 0.6) is 0 Å². The van der Waals surface area contributed by atoms with Crippen molar-refractivity contribution in [3.05, 3.63) is 11.4 Å². The summed E-state index contributed by atoms with van der Waals surface area (Å²) in [5.74, 6) is 0. The molecule has 0 aliphatic carbocycles. The fraction of sp³-hybridized carbons (Fsp3) is 0.600. The largest absolute Gasteiger partial charge is 0.233 e. The van der Waals surface area contributed by atoms with Crippen molar-refractivity contribution in [1.29, 1.82) is 10.5 Å².